The van der Waals surface area contributed by atoms with Crippen molar-refractivity contribution in [3.63, 3.8) is 0 Å². The largest absolute Gasteiger partial charge is 0.441 e. The lowest BCUT2D eigenvalue weighted by Gasteiger charge is -1.89. The number of para-hydroxylation sites is 1. The molecule has 2 heteroatoms. The van der Waals surface area contributed by atoms with Gasteiger partial charge in [-0.15, -0.1) is 0 Å². The Kier molecular flexibility index (Phi) is 3.07. The Balaban J connectivity index is 0.000000396. The number of benzene rings is 1. The van der Waals surface area contributed by atoms with Crippen LogP contribution in [0, 0.1) is 13.8 Å². The standard InChI is InChI=1S/C9H9NO.C2H6/c1-6-4-3-5-8-9(6)11-7(2)10-8;1-2/h3-5H,1-2H3;1-2H3. The van der Waals surface area contributed by atoms with Gasteiger partial charge in [-0.3, -0.25) is 0 Å². The first-order valence-electron chi connectivity index (χ1n) is 4.60. The van der Waals surface area contributed by atoms with Crippen molar-refractivity contribution in [3.8, 4) is 0 Å². The smallest absolute Gasteiger partial charge is 0.192 e. The highest BCUT2D eigenvalue weighted by Crippen LogP contribution is 2.18. The summed E-state index contributed by atoms with van der Waals surface area (Å²) in [4.78, 5) is 4.21. The summed E-state index contributed by atoms with van der Waals surface area (Å²) < 4.78 is 5.39. The SMILES string of the molecule is CC.Cc1nc2cccc(C)c2o1. The van der Waals surface area contributed by atoms with E-state index in [2.05, 4.69) is 4.98 Å². The van der Waals surface area contributed by atoms with Gasteiger partial charge in [0, 0.05) is 6.92 Å². The molecule has 0 radical (unpaired) electrons. The highest BCUT2D eigenvalue weighted by Gasteiger charge is 2.02. The Morgan fingerprint density at radius 3 is 2.46 bits per heavy atom. The zero-order chi connectivity index (χ0) is 9.84. The van der Waals surface area contributed by atoms with Crippen molar-refractivity contribution in [2.75, 3.05) is 0 Å². The van der Waals surface area contributed by atoms with Gasteiger partial charge in [0.1, 0.15) is 5.52 Å². The molecule has 1 aromatic heterocycles. The van der Waals surface area contributed by atoms with Crippen LogP contribution in [0.25, 0.3) is 11.1 Å². The number of fused-ring (bicyclic) bond motifs is 1. The van der Waals surface area contributed by atoms with Gasteiger partial charge < -0.3 is 4.42 Å². The molecule has 0 saturated heterocycles. The first kappa shape index (κ1) is 9.78. The molecule has 2 aromatic rings. The van der Waals surface area contributed by atoms with Crippen LogP contribution < -0.4 is 0 Å². The molecular formula is C11H15NO. The van der Waals surface area contributed by atoms with E-state index in [0.29, 0.717) is 0 Å². The molecule has 0 N–H and O–H groups in total. The van der Waals surface area contributed by atoms with Gasteiger partial charge in [0.2, 0.25) is 0 Å². The van der Waals surface area contributed by atoms with E-state index in [-0.39, 0.29) is 0 Å². The Hall–Kier alpha value is -1.31. The Morgan fingerprint density at radius 1 is 1.15 bits per heavy atom. The fourth-order valence-electron chi connectivity index (χ4n) is 1.20. The van der Waals surface area contributed by atoms with Crippen LogP contribution in [-0.4, -0.2) is 4.98 Å². The lowest BCUT2D eigenvalue weighted by atomic mass is 10.2. The van der Waals surface area contributed by atoms with Crippen molar-refractivity contribution in [2.24, 2.45) is 0 Å². The first-order chi connectivity index (χ1) is 6.27. The molecule has 0 amide bonds. The van der Waals surface area contributed by atoms with Gasteiger partial charge in [-0.25, -0.2) is 4.98 Å². The Bertz CT molecular complexity index is 390. The van der Waals surface area contributed by atoms with Gasteiger partial charge >= 0.3 is 0 Å². The van der Waals surface area contributed by atoms with E-state index in [9.17, 15) is 0 Å². The summed E-state index contributed by atoms with van der Waals surface area (Å²) in [5.74, 6) is 0.731. The van der Waals surface area contributed by atoms with Gasteiger partial charge in [0.05, 0.1) is 0 Å². The lowest BCUT2D eigenvalue weighted by molar-refractivity contribution is 0.559. The van der Waals surface area contributed by atoms with Crippen LogP contribution in [0.3, 0.4) is 0 Å². The first-order valence-corrected chi connectivity index (χ1v) is 4.60. The third kappa shape index (κ3) is 1.89. The zero-order valence-electron chi connectivity index (χ0n) is 8.59. The maximum absolute atomic E-state index is 5.39. The summed E-state index contributed by atoms with van der Waals surface area (Å²) in [6.45, 7) is 7.88. The summed E-state index contributed by atoms with van der Waals surface area (Å²) in [6.07, 6.45) is 0. The topological polar surface area (TPSA) is 26.0 Å². The number of rotatable bonds is 0. The monoisotopic (exact) mass is 177 g/mol. The molecule has 2 rings (SSSR count). The highest BCUT2D eigenvalue weighted by atomic mass is 16.3. The van der Waals surface area contributed by atoms with Crippen LogP contribution in [0.2, 0.25) is 0 Å². The second kappa shape index (κ2) is 4.08. The summed E-state index contributed by atoms with van der Waals surface area (Å²) in [7, 11) is 0. The quantitative estimate of drug-likeness (QED) is 0.615. The van der Waals surface area contributed by atoms with E-state index >= 15 is 0 Å². The second-order valence-corrected chi connectivity index (χ2v) is 2.66. The maximum Gasteiger partial charge on any atom is 0.192 e. The van der Waals surface area contributed by atoms with Crippen LogP contribution in [-0.2, 0) is 0 Å². The van der Waals surface area contributed by atoms with E-state index in [1.54, 1.807) is 0 Å². The second-order valence-electron chi connectivity index (χ2n) is 2.66. The summed E-state index contributed by atoms with van der Waals surface area (Å²) in [5, 5.41) is 0. The average molecular weight is 177 g/mol. The van der Waals surface area contributed by atoms with Crippen LogP contribution in [0.4, 0.5) is 0 Å². The number of nitrogens with zero attached hydrogens (tertiary/aromatic N) is 1. The summed E-state index contributed by atoms with van der Waals surface area (Å²) in [6, 6.07) is 5.96. The molecule has 1 heterocycles. The maximum atomic E-state index is 5.39. The third-order valence-corrected chi connectivity index (χ3v) is 1.72. The predicted octanol–water partition coefficient (Wildman–Crippen LogP) is 3.47. The molecule has 0 bridgehead atoms. The van der Waals surface area contributed by atoms with E-state index in [4.69, 9.17) is 4.42 Å². The van der Waals surface area contributed by atoms with E-state index in [1.165, 1.54) is 0 Å². The van der Waals surface area contributed by atoms with Gasteiger partial charge in [-0.2, -0.15) is 0 Å². The Labute approximate surface area is 78.6 Å². The fourth-order valence-corrected chi connectivity index (χ4v) is 1.20. The van der Waals surface area contributed by atoms with Crippen LogP contribution in [0.5, 0.6) is 0 Å². The molecule has 0 aliphatic heterocycles. The minimum Gasteiger partial charge on any atom is -0.441 e. The number of oxazole rings is 1. The van der Waals surface area contributed by atoms with Crippen molar-refractivity contribution < 1.29 is 4.42 Å². The predicted molar refractivity (Wildman–Crippen MR) is 54.8 cm³/mol. The summed E-state index contributed by atoms with van der Waals surface area (Å²) >= 11 is 0. The molecule has 70 valence electrons. The number of hydrogen-bond acceptors (Lipinski definition) is 2. The van der Waals surface area contributed by atoms with Crippen molar-refractivity contribution in [1.82, 2.24) is 4.98 Å². The minimum atomic E-state index is 0.731. The van der Waals surface area contributed by atoms with Gasteiger partial charge in [-0.05, 0) is 18.6 Å². The summed E-state index contributed by atoms with van der Waals surface area (Å²) in [5.41, 5.74) is 3.00. The van der Waals surface area contributed by atoms with E-state index in [1.807, 2.05) is 45.9 Å². The molecule has 13 heavy (non-hydrogen) atoms. The van der Waals surface area contributed by atoms with E-state index < -0.39 is 0 Å². The molecule has 0 aliphatic carbocycles. The average Bonchev–Trinajstić information content (AvgIpc) is 2.51. The fraction of sp³-hybridized carbons (Fsp3) is 0.364. The molecule has 0 unspecified atom stereocenters. The molecule has 0 saturated carbocycles. The van der Waals surface area contributed by atoms with E-state index in [0.717, 1.165) is 22.6 Å². The molecule has 2 nitrogen and oxygen atoms in total. The molecule has 0 fully saturated rings. The van der Waals surface area contributed by atoms with Crippen molar-refractivity contribution in [3.05, 3.63) is 29.7 Å². The zero-order valence-corrected chi connectivity index (χ0v) is 8.59. The third-order valence-electron chi connectivity index (χ3n) is 1.72. The minimum absolute atomic E-state index is 0.731. The van der Waals surface area contributed by atoms with Gasteiger partial charge in [0.25, 0.3) is 0 Å². The lowest BCUT2D eigenvalue weighted by Crippen LogP contribution is -1.71. The molecule has 1 aromatic carbocycles. The van der Waals surface area contributed by atoms with Gasteiger partial charge in [0.15, 0.2) is 11.5 Å². The molecule has 0 aliphatic rings. The molecule has 0 atom stereocenters. The Morgan fingerprint density at radius 2 is 1.85 bits per heavy atom. The van der Waals surface area contributed by atoms with Crippen LogP contribution >= 0.6 is 0 Å². The van der Waals surface area contributed by atoms with Crippen LogP contribution in [0.1, 0.15) is 25.3 Å². The number of aromatic nitrogens is 1. The van der Waals surface area contributed by atoms with Crippen molar-refractivity contribution >= 4 is 11.1 Å². The normalized spacial score (nSPS) is 9.54. The molecular weight excluding hydrogens is 162 g/mol. The van der Waals surface area contributed by atoms with Crippen molar-refractivity contribution in [2.45, 2.75) is 27.7 Å². The van der Waals surface area contributed by atoms with Gasteiger partial charge in [-0.1, -0.05) is 26.0 Å². The number of aryl methyl sites for hydroxylation is 2. The molecule has 0 spiro atoms. The number of hydrogen-bond donors (Lipinski definition) is 0. The highest BCUT2D eigenvalue weighted by molar-refractivity contribution is 5.75. The van der Waals surface area contributed by atoms with Crippen LogP contribution in [0.15, 0.2) is 22.6 Å². The van der Waals surface area contributed by atoms with Crippen molar-refractivity contribution in [1.29, 1.82) is 0 Å².